The van der Waals surface area contributed by atoms with Gasteiger partial charge in [0.05, 0.1) is 18.4 Å². The quantitative estimate of drug-likeness (QED) is 0.911. The minimum absolute atomic E-state index is 0.288. The van der Waals surface area contributed by atoms with Crippen molar-refractivity contribution >= 4 is 16.5 Å². The summed E-state index contributed by atoms with van der Waals surface area (Å²) in [7, 11) is 0. The SMILES string of the molecule is CCC(C)c1nc(N2CCOC(C)C2)sc1CN. The molecule has 4 nitrogen and oxygen atoms in total. The van der Waals surface area contributed by atoms with E-state index < -0.39 is 0 Å². The van der Waals surface area contributed by atoms with Crippen LogP contribution in [0, 0.1) is 0 Å². The Morgan fingerprint density at radius 1 is 1.61 bits per heavy atom. The number of thiazole rings is 1. The number of nitrogens with zero attached hydrogens (tertiary/aromatic N) is 2. The molecule has 2 heterocycles. The lowest BCUT2D eigenvalue weighted by Gasteiger charge is -2.30. The molecule has 1 aromatic heterocycles. The highest BCUT2D eigenvalue weighted by Crippen LogP contribution is 2.32. The number of morpholine rings is 1. The van der Waals surface area contributed by atoms with Crippen LogP contribution in [0.2, 0.25) is 0 Å². The van der Waals surface area contributed by atoms with E-state index >= 15 is 0 Å². The van der Waals surface area contributed by atoms with Crippen LogP contribution in [0.5, 0.6) is 0 Å². The Morgan fingerprint density at radius 3 is 3.00 bits per heavy atom. The summed E-state index contributed by atoms with van der Waals surface area (Å²) in [5.74, 6) is 0.493. The maximum atomic E-state index is 5.84. The fourth-order valence-corrected chi connectivity index (χ4v) is 3.30. The van der Waals surface area contributed by atoms with E-state index in [1.807, 2.05) is 0 Å². The number of aromatic nitrogens is 1. The van der Waals surface area contributed by atoms with Gasteiger partial charge in [0.15, 0.2) is 5.13 Å². The van der Waals surface area contributed by atoms with E-state index in [2.05, 4.69) is 25.7 Å². The molecule has 2 atom stereocenters. The Bertz CT molecular complexity index is 394. The predicted octanol–water partition coefficient (Wildman–Crippen LogP) is 2.34. The van der Waals surface area contributed by atoms with Crippen LogP contribution in [-0.2, 0) is 11.3 Å². The first-order chi connectivity index (χ1) is 8.65. The van der Waals surface area contributed by atoms with Crippen molar-refractivity contribution in [3.8, 4) is 0 Å². The second-order valence-corrected chi connectivity index (χ2v) is 6.01. The van der Waals surface area contributed by atoms with Crippen molar-refractivity contribution in [1.82, 2.24) is 4.98 Å². The second kappa shape index (κ2) is 5.99. The molecule has 102 valence electrons. The van der Waals surface area contributed by atoms with Gasteiger partial charge in [0, 0.05) is 24.5 Å². The van der Waals surface area contributed by atoms with E-state index in [1.165, 1.54) is 10.6 Å². The van der Waals surface area contributed by atoms with Crippen LogP contribution in [0.25, 0.3) is 0 Å². The number of nitrogens with two attached hydrogens (primary N) is 1. The zero-order valence-electron chi connectivity index (χ0n) is 11.5. The van der Waals surface area contributed by atoms with Crippen molar-refractivity contribution in [2.45, 2.75) is 45.8 Å². The van der Waals surface area contributed by atoms with Crippen molar-refractivity contribution in [1.29, 1.82) is 0 Å². The molecule has 0 aliphatic carbocycles. The Morgan fingerprint density at radius 2 is 2.39 bits per heavy atom. The van der Waals surface area contributed by atoms with E-state index in [1.54, 1.807) is 11.3 Å². The molecule has 2 rings (SSSR count). The lowest BCUT2D eigenvalue weighted by Crippen LogP contribution is -2.41. The third-order valence-electron chi connectivity index (χ3n) is 3.49. The van der Waals surface area contributed by atoms with Crippen molar-refractivity contribution in [2.75, 3.05) is 24.6 Å². The summed E-state index contributed by atoms with van der Waals surface area (Å²) in [5.41, 5.74) is 7.03. The molecular weight excluding hydrogens is 246 g/mol. The van der Waals surface area contributed by atoms with Crippen LogP contribution < -0.4 is 10.6 Å². The average Bonchev–Trinajstić information content (AvgIpc) is 2.82. The van der Waals surface area contributed by atoms with Gasteiger partial charge in [-0.1, -0.05) is 13.8 Å². The van der Waals surface area contributed by atoms with Crippen LogP contribution in [0.15, 0.2) is 0 Å². The van der Waals surface area contributed by atoms with Crippen molar-refractivity contribution in [2.24, 2.45) is 5.73 Å². The normalized spacial score (nSPS) is 22.2. The number of rotatable bonds is 4. The summed E-state index contributed by atoms with van der Waals surface area (Å²) in [6.07, 6.45) is 1.39. The fourth-order valence-electron chi connectivity index (χ4n) is 2.20. The van der Waals surface area contributed by atoms with Gasteiger partial charge >= 0.3 is 0 Å². The van der Waals surface area contributed by atoms with E-state index in [9.17, 15) is 0 Å². The van der Waals surface area contributed by atoms with Gasteiger partial charge in [-0.05, 0) is 19.3 Å². The highest BCUT2D eigenvalue weighted by Gasteiger charge is 2.22. The zero-order valence-corrected chi connectivity index (χ0v) is 12.3. The maximum Gasteiger partial charge on any atom is 0.186 e. The van der Waals surface area contributed by atoms with E-state index in [4.69, 9.17) is 15.5 Å². The van der Waals surface area contributed by atoms with E-state index in [-0.39, 0.29) is 6.10 Å². The van der Waals surface area contributed by atoms with E-state index in [0.717, 1.165) is 31.2 Å². The molecule has 1 aliphatic rings. The summed E-state index contributed by atoms with van der Waals surface area (Å²) in [6, 6.07) is 0. The lowest BCUT2D eigenvalue weighted by molar-refractivity contribution is 0.0532. The highest BCUT2D eigenvalue weighted by molar-refractivity contribution is 7.15. The van der Waals surface area contributed by atoms with Gasteiger partial charge in [0.2, 0.25) is 0 Å². The van der Waals surface area contributed by atoms with Crippen molar-refractivity contribution < 1.29 is 4.74 Å². The standard InChI is InChI=1S/C13H23N3OS/c1-4-9(2)12-11(7-14)18-13(15-12)16-5-6-17-10(3)8-16/h9-10H,4-8,14H2,1-3H3. The molecule has 0 bridgehead atoms. The topological polar surface area (TPSA) is 51.4 Å². The molecule has 2 N–H and O–H groups in total. The Labute approximate surface area is 113 Å². The first-order valence-electron chi connectivity index (χ1n) is 6.71. The summed E-state index contributed by atoms with van der Waals surface area (Å²) >= 11 is 1.75. The van der Waals surface area contributed by atoms with Gasteiger partial charge in [0.25, 0.3) is 0 Å². The van der Waals surface area contributed by atoms with Gasteiger partial charge in [0.1, 0.15) is 0 Å². The summed E-state index contributed by atoms with van der Waals surface area (Å²) in [5, 5.41) is 1.11. The smallest absolute Gasteiger partial charge is 0.186 e. The third-order valence-corrected chi connectivity index (χ3v) is 4.65. The highest BCUT2D eigenvalue weighted by atomic mass is 32.1. The number of anilines is 1. The minimum atomic E-state index is 0.288. The molecule has 0 radical (unpaired) electrons. The van der Waals surface area contributed by atoms with Crippen LogP contribution in [0.3, 0.4) is 0 Å². The van der Waals surface area contributed by atoms with Crippen LogP contribution in [0.4, 0.5) is 5.13 Å². The molecule has 0 spiro atoms. The molecule has 5 heteroatoms. The Balaban J connectivity index is 2.20. The lowest BCUT2D eigenvalue weighted by atomic mass is 10.0. The number of hydrogen-bond acceptors (Lipinski definition) is 5. The fraction of sp³-hybridized carbons (Fsp3) is 0.769. The van der Waals surface area contributed by atoms with Gasteiger partial charge in [-0.25, -0.2) is 4.98 Å². The maximum absolute atomic E-state index is 5.84. The van der Waals surface area contributed by atoms with Crippen LogP contribution in [0.1, 0.15) is 43.7 Å². The minimum Gasteiger partial charge on any atom is -0.375 e. The molecule has 0 saturated carbocycles. The molecule has 18 heavy (non-hydrogen) atoms. The molecule has 0 aromatic carbocycles. The Hall–Kier alpha value is -0.650. The van der Waals surface area contributed by atoms with Gasteiger partial charge in [-0.3, -0.25) is 0 Å². The molecule has 1 aromatic rings. The average molecular weight is 269 g/mol. The predicted molar refractivity (Wildman–Crippen MR) is 76.3 cm³/mol. The van der Waals surface area contributed by atoms with E-state index in [0.29, 0.717) is 12.5 Å². The Kier molecular flexibility index (Phi) is 4.59. The summed E-state index contributed by atoms with van der Waals surface area (Å²) in [6.45, 7) is 9.77. The summed E-state index contributed by atoms with van der Waals surface area (Å²) in [4.78, 5) is 8.38. The monoisotopic (exact) mass is 269 g/mol. The molecule has 1 saturated heterocycles. The zero-order chi connectivity index (χ0) is 13.1. The first-order valence-corrected chi connectivity index (χ1v) is 7.53. The molecule has 1 fully saturated rings. The first kappa shape index (κ1) is 13.8. The third kappa shape index (κ3) is 2.84. The van der Waals surface area contributed by atoms with Crippen LogP contribution in [-0.4, -0.2) is 30.8 Å². The van der Waals surface area contributed by atoms with Crippen LogP contribution >= 0.6 is 11.3 Å². The molecular formula is C13H23N3OS. The largest absolute Gasteiger partial charge is 0.375 e. The number of hydrogen-bond donors (Lipinski definition) is 1. The van der Waals surface area contributed by atoms with Gasteiger partial charge in [-0.2, -0.15) is 0 Å². The molecule has 1 aliphatic heterocycles. The molecule has 0 amide bonds. The van der Waals surface area contributed by atoms with Crippen molar-refractivity contribution in [3.05, 3.63) is 10.6 Å². The van der Waals surface area contributed by atoms with Gasteiger partial charge in [-0.15, -0.1) is 11.3 Å². The second-order valence-electron chi connectivity index (χ2n) is 4.95. The summed E-state index contributed by atoms with van der Waals surface area (Å²) < 4.78 is 5.57. The number of ether oxygens (including phenoxy) is 1. The van der Waals surface area contributed by atoms with Crippen molar-refractivity contribution in [3.63, 3.8) is 0 Å². The van der Waals surface area contributed by atoms with Gasteiger partial charge < -0.3 is 15.4 Å². The molecule has 2 unspecified atom stereocenters.